The summed E-state index contributed by atoms with van der Waals surface area (Å²) >= 11 is 0. The molecule has 1 N–H and O–H groups in total. The Balaban J connectivity index is 1.01. The highest BCUT2D eigenvalue weighted by molar-refractivity contribution is 5.80. The fourth-order valence-electron chi connectivity index (χ4n) is 9.99. The number of aliphatic hydroxyl groups excluding tert-OH is 1. The lowest BCUT2D eigenvalue weighted by Gasteiger charge is -2.60. The number of anilines is 1. The van der Waals surface area contributed by atoms with Crippen molar-refractivity contribution in [2.45, 2.75) is 103 Å². The molecule has 1 aromatic rings. The van der Waals surface area contributed by atoms with Crippen LogP contribution in [0, 0.1) is 34.5 Å². The smallest absolute Gasteiger partial charge is 0.158 e. The van der Waals surface area contributed by atoms with Gasteiger partial charge < -0.3 is 19.5 Å². The number of carbonyl (C=O) groups excluding carboxylic acids is 1. The zero-order chi connectivity index (χ0) is 28.9. The van der Waals surface area contributed by atoms with Crippen LogP contribution in [0.1, 0.15) is 96.5 Å². The molecule has 1 aromatic carbocycles. The molecule has 6 rings (SSSR count). The number of Topliss-reactive ketones (excluding diaryl/α,β-unsaturated/α-hetero) is 1. The van der Waals surface area contributed by atoms with E-state index in [4.69, 9.17) is 9.47 Å². The van der Waals surface area contributed by atoms with Crippen molar-refractivity contribution in [1.29, 1.82) is 0 Å². The Morgan fingerprint density at radius 1 is 1.07 bits per heavy atom. The van der Waals surface area contributed by atoms with Crippen molar-refractivity contribution >= 4 is 17.0 Å². The van der Waals surface area contributed by atoms with Gasteiger partial charge in [-0.25, -0.2) is 0 Å². The van der Waals surface area contributed by atoms with Crippen LogP contribution in [0.4, 0.5) is 5.69 Å². The van der Waals surface area contributed by atoms with Crippen molar-refractivity contribution in [2.24, 2.45) is 34.5 Å². The van der Waals surface area contributed by atoms with E-state index in [-0.39, 0.29) is 30.0 Å². The predicted molar refractivity (Wildman–Crippen MR) is 165 cm³/mol. The van der Waals surface area contributed by atoms with Crippen molar-refractivity contribution in [3.63, 3.8) is 0 Å². The van der Waals surface area contributed by atoms with Crippen molar-refractivity contribution in [3.8, 4) is 5.75 Å². The maximum atomic E-state index is 13.0. The van der Waals surface area contributed by atoms with Gasteiger partial charge in [0.15, 0.2) is 5.78 Å². The van der Waals surface area contributed by atoms with Gasteiger partial charge >= 0.3 is 0 Å². The van der Waals surface area contributed by atoms with Crippen molar-refractivity contribution in [2.75, 3.05) is 25.6 Å². The van der Waals surface area contributed by atoms with Crippen LogP contribution in [-0.2, 0) is 9.53 Å². The summed E-state index contributed by atoms with van der Waals surface area (Å²) in [6, 6.07) is 6.28. The summed E-state index contributed by atoms with van der Waals surface area (Å²) < 4.78 is 12.4. The number of rotatable bonds is 8. The SMILES string of the molecule is C=C1C=C(CCCC(=O)CO[C@H]2CC[C@H]3[C@@H]4CC[C@H]5C[C@H](O)CC[C@]5(C)[C@H]4CC[C@]23C)c2ccc(N(C)C)cc2O1. The quantitative estimate of drug-likeness (QED) is 0.355. The van der Waals surface area contributed by atoms with Crippen LogP contribution in [0.5, 0.6) is 5.75 Å². The van der Waals surface area contributed by atoms with Crippen molar-refractivity contribution in [3.05, 3.63) is 42.2 Å². The Morgan fingerprint density at radius 2 is 1.85 bits per heavy atom. The summed E-state index contributed by atoms with van der Waals surface area (Å²) in [5, 5.41) is 10.3. The standard InChI is InChI=1S/C36H51NO4/c1-23-19-24(29-12-10-26(37(4)5)21-33(29)41-23)7-6-8-28(39)22-40-34-14-13-31-30-11-9-25-20-27(38)15-17-35(25,2)32(30)16-18-36(31,34)3/h10,12,19,21,25,27,30-32,34,38H,1,6-9,11,13-18,20,22H2,2-5H3/t25-,27+,30-,31-,32-,34-,35-,36-/m0/s1. The predicted octanol–water partition coefficient (Wildman–Crippen LogP) is 7.57. The highest BCUT2D eigenvalue weighted by atomic mass is 16.5. The molecule has 4 fully saturated rings. The van der Waals surface area contributed by atoms with Crippen molar-refractivity contribution < 1.29 is 19.4 Å². The average Bonchev–Trinajstić information content (AvgIpc) is 3.28. The third-order valence-corrected chi connectivity index (χ3v) is 12.3. The van der Waals surface area contributed by atoms with Gasteiger partial charge in [-0.3, -0.25) is 4.79 Å². The van der Waals surface area contributed by atoms with E-state index in [1.807, 2.05) is 20.2 Å². The molecule has 5 aliphatic rings. The highest BCUT2D eigenvalue weighted by Crippen LogP contribution is 2.66. The molecule has 0 aromatic heterocycles. The van der Waals surface area contributed by atoms with E-state index in [2.05, 4.69) is 43.5 Å². The molecule has 1 heterocycles. The normalized spacial score (nSPS) is 37.7. The van der Waals surface area contributed by atoms with Gasteiger partial charge in [-0.05, 0) is 129 Å². The molecule has 41 heavy (non-hydrogen) atoms. The van der Waals surface area contributed by atoms with E-state index in [0.717, 1.165) is 60.9 Å². The van der Waals surface area contributed by atoms with Gasteiger partial charge in [0.2, 0.25) is 0 Å². The molecule has 0 bridgehead atoms. The lowest BCUT2D eigenvalue weighted by atomic mass is 9.45. The van der Waals surface area contributed by atoms with E-state index in [1.54, 1.807) is 0 Å². The minimum absolute atomic E-state index is 0.0831. The van der Waals surface area contributed by atoms with Crippen LogP contribution in [0.15, 0.2) is 36.6 Å². The number of benzene rings is 1. The van der Waals surface area contributed by atoms with Gasteiger partial charge in [-0.15, -0.1) is 0 Å². The summed E-state index contributed by atoms with van der Waals surface area (Å²) in [5.41, 5.74) is 3.98. The Kier molecular flexibility index (Phi) is 7.91. The number of hydrogen-bond donors (Lipinski definition) is 1. The van der Waals surface area contributed by atoms with Gasteiger partial charge in [-0.1, -0.05) is 20.4 Å². The highest BCUT2D eigenvalue weighted by Gasteiger charge is 2.60. The molecule has 0 spiro atoms. The Labute approximate surface area is 247 Å². The summed E-state index contributed by atoms with van der Waals surface area (Å²) in [7, 11) is 4.05. The lowest BCUT2D eigenvalue weighted by Crippen LogP contribution is -2.54. The molecule has 0 saturated heterocycles. The maximum absolute atomic E-state index is 13.0. The van der Waals surface area contributed by atoms with Crippen LogP contribution in [-0.4, -0.2) is 43.8 Å². The van der Waals surface area contributed by atoms with Crippen LogP contribution in [0.3, 0.4) is 0 Å². The largest absolute Gasteiger partial charge is 0.457 e. The second-order valence-corrected chi connectivity index (χ2v) is 14.7. The summed E-state index contributed by atoms with van der Waals surface area (Å²) in [6.45, 7) is 9.31. The molecular weight excluding hydrogens is 510 g/mol. The third-order valence-electron chi connectivity index (χ3n) is 12.3. The van der Waals surface area contributed by atoms with Gasteiger partial charge in [0.1, 0.15) is 18.1 Å². The second kappa shape index (κ2) is 11.2. The Morgan fingerprint density at radius 3 is 2.66 bits per heavy atom. The molecule has 0 amide bonds. The third kappa shape index (κ3) is 5.31. The number of ether oxygens (including phenoxy) is 2. The van der Waals surface area contributed by atoms with Gasteiger partial charge in [-0.2, -0.15) is 0 Å². The van der Waals surface area contributed by atoms with E-state index in [1.165, 1.54) is 44.1 Å². The first-order valence-electron chi connectivity index (χ1n) is 16.3. The second-order valence-electron chi connectivity index (χ2n) is 14.7. The monoisotopic (exact) mass is 561 g/mol. The minimum atomic E-state index is -0.0831. The first-order chi connectivity index (χ1) is 19.6. The number of nitrogens with zero attached hydrogens (tertiary/aromatic N) is 1. The number of allylic oxidation sites excluding steroid dienone is 2. The maximum Gasteiger partial charge on any atom is 0.158 e. The first-order valence-corrected chi connectivity index (χ1v) is 16.3. The molecule has 5 nitrogen and oxygen atoms in total. The fourth-order valence-corrected chi connectivity index (χ4v) is 9.99. The molecule has 4 saturated carbocycles. The van der Waals surface area contributed by atoms with Gasteiger partial charge in [0.05, 0.1) is 12.2 Å². The Hall–Kier alpha value is -2.11. The van der Waals surface area contributed by atoms with Crippen LogP contribution in [0.25, 0.3) is 5.57 Å². The fraction of sp³-hybridized carbons (Fsp3) is 0.694. The summed E-state index contributed by atoms with van der Waals surface area (Å²) in [4.78, 5) is 15.0. The molecule has 0 radical (unpaired) electrons. The van der Waals surface area contributed by atoms with E-state index >= 15 is 0 Å². The first kappa shape index (κ1) is 29.0. The van der Waals surface area contributed by atoms with Crippen LogP contribution < -0.4 is 9.64 Å². The van der Waals surface area contributed by atoms with Gasteiger partial charge in [0, 0.05) is 37.8 Å². The topological polar surface area (TPSA) is 59.0 Å². The number of carbonyl (C=O) groups is 1. The average molecular weight is 562 g/mol. The van der Waals surface area contributed by atoms with E-state index in [0.29, 0.717) is 29.4 Å². The van der Waals surface area contributed by atoms with Gasteiger partial charge in [0.25, 0.3) is 0 Å². The van der Waals surface area contributed by atoms with Crippen molar-refractivity contribution in [1.82, 2.24) is 0 Å². The van der Waals surface area contributed by atoms with E-state index in [9.17, 15) is 9.90 Å². The van der Waals surface area contributed by atoms with Crippen LogP contribution in [0.2, 0.25) is 0 Å². The summed E-state index contributed by atoms with van der Waals surface area (Å²) in [6.07, 6.45) is 14.9. The zero-order valence-corrected chi connectivity index (χ0v) is 25.8. The minimum Gasteiger partial charge on any atom is -0.457 e. The zero-order valence-electron chi connectivity index (χ0n) is 25.8. The molecular formula is C36H51NO4. The number of aliphatic hydroxyl groups is 1. The molecule has 0 unspecified atom stereocenters. The summed E-state index contributed by atoms with van der Waals surface area (Å²) in [5.74, 6) is 4.70. The number of ketones is 1. The Bertz CT molecular complexity index is 1200. The number of fused-ring (bicyclic) bond motifs is 6. The molecule has 5 heteroatoms. The van der Waals surface area contributed by atoms with Crippen LogP contribution >= 0.6 is 0 Å². The molecule has 224 valence electrons. The number of hydrogen-bond acceptors (Lipinski definition) is 5. The molecule has 1 aliphatic heterocycles. The molecule has 8 atom stereocenters. The lowest BCUT2D eigenvalue weighted by molar-refractivity contribution is -0.146. The molecule has 4 aliphatic carbocycles. The van der Waals surface area contributed by atoms with E-state index < -0.39 is 0 Å².